The van der Waals surface area contributed by atoms with Crippen LogP contribution in [-0.2, 0) is 0 Å². The molecule has 0 unspecified atom stereocenters. The minimum Gasteiger partial charge on any atom is -0.357 e. The van der Waals surface area contributed by atoms with E-state index in [1.54, 1.807) is 11.3 Å². The number of anilines is 1. The maximum absolute atomic E-state index is 5.98. The summed E-state index contributed by atoms with van der Waals surface area (Å²) in [4.78, 5) is 3.18. The Morgan fingerprint density at radius 3 is 2.50 bits per heavy atom. The fourth-order valence-electron chi connectivity index (χ4n) is 3.42. The quantitative estimate of drug-likeness (QED) is 0.318. The monoisotopic (exact) mass is 469 g/mol. The van der Waals surface area contributed by atoms with Gasteiger partial charge in [-0.25, -0.2) is 0 Å². The highest BCUT2D eigenvalue weighted by Gasteiger charge is 2.15. The predicted molar refractivity (Wildman–Crippen MR) is 134 cm³/mol. The van der Waals surface area contributed by atoms with Gasteiger partial charge in [-0.1, -0.05) is 69.0 Å². The maximum atomic E-state index is 5.98. The van der Waals surface area contributed by atoms with Gasteiger partial charge in [-0.3, -0.25) is 0 Å². The highest BCUT2D eigenvalue weighted by Crippen LogP contribution is 2.31. The number of benzene rings is 1. The number of halogens is 1. The molecule has 0 aliphatic heterocycles. The normalized spacial score (nSPS) is 14.5. The second-order valence-corrected chi connectivity index (χ2v) is 9.30. The minimum atomic E-state index is 0.551. The Bertz CT molecular complexity index is 730. The Kier molecular flexibility index (Phi) is 12.1. The van der Waals surface area contributed by atoms with Crippen LogP contribution in [0.3, 0.4) is 0 Å². The smallest absolute Gasteiger partial charge is 0.206 e. The van der Waals surface area contributed by atoms with E-state index in [2.05, 4.69) is 59.1 Å². The summed E-state index contributed by atoms with van der Waals surface area (Å²) in [5, 5.41) is 17.8. The highest BCUT2D eigenvalue weighted by molar-refractivity contribution is 7.80. The molecule has 3 rings (SSSR count). The molecular weight excluding hydrogens is 434 g/mol. The fourth-order valence-corrected chi connectivity index (χ4v) is 4.57. The third kappa shape index (κ3) is 8.71. The summed E-state index contributed by atoms with van der Waals surface area (Å²) in [5.74, 6) is 0. The Hall–Kier alpha value is -0.860. The van der Waals surface area contributed by atoms with Gasteiger partial charge in [-0.2, -0.15) is 0 Å². The molecule has 1 aromatic carbocycles. The number of nitrogens with one attached hydrogen (secondary N) is 2. The van der Waals surface area contributed by atoms with E-state index in [0.29, 0.717) is 11.1 Å². The molecule has 1 heterocycles. The topological polar surface area (TPSA) is 53.1 Å². The zero-order valence-corrected chi connectivity index (χ0v) is 20.9. The molecule has 0 bridgehead atoms. The van der Waals surface area contributed by atoms with Crippen LogP contribution in [0.15, 0.2) is 23.1 Å². The van der Waals surface area contributed by atoms with Crippen LogP contribution >= 0.6 is 35.6 Å². The van der Waals surface area contributed by atoms with Crippen molar-refractivity contribution < 1.29 is 0 Å². The lowest BCUT2D eigenvalue weighted by molar-refractivity contribution is 0.303. The van der Waals surface area contributed by atoms with E-state index in [-0.39, 0.29) is 0 Å². The summed E-state index contributed by atoms with van der Waals surface area (Å²) >= 11 is 11.9. The zero-order valence-electron chi connectivity index (χ0n) is 18.5. The van der Waals surface area contributed by atoms with Crippen molar-refractivity contribution in [3.8, 4) is 10.6 Å². The molecule has 168 valence electrons. The maximum Gasteiger partial charge on any atom is 0.206 e. The number of nitrogens with zero attached hydrogens (tertiary/aromatic N) is 3. The fraction of sp³-hybridized carbons (Fsp3) is 0.636. The molecule has 0 amide bonds. The van der Waals surface area contributed by atoms with Crippen molar-refractivity contribution in [2.75, 3.05) is 38.0 Å². The first kappa shape index (κ1) is 25.4. The number of aromatic nitrogens is 2. The van der Waals surface area contributed by atoms with Crippen LogP contribution < -0.4 is 10.6 Å². The summed E-state index contributed by atoms with van der Waals surface area (Å²) in [5.41, 5.74) is 1.01. The van der Waals surface area contributed by atoms with Gasteiger partial charge in [0.1, 0.15) is 5.01 Å². The molecule has 5 nitrogen and oxygen atoms in total. The SMILES string of the molecule is CCNCCN(CC)CC.Sc1cc(-c2nnc(NC3CCCCC3)s2)ccc1Cl. The first-order valence-corrected chi connectivity index (χ1v) is 12.7. The molecule has 8 heteroatoms. The predicted octanol–water partition coefficient (Wildman–Crippen LogP) is 5.83. The Labute approximate surface area is 196 Å². The van der Waals surface area contributed by atoms with Gasteiger partial charge in [0.2, 0.25) is 5.13 Å². The van der Waals surface area contributed by atoms with Crippen molar-refractivity contribution in [3.63, 3.8) is 0 Å². The molecule has 0 atom stereocenters. The van der Waals surface area contributed by atoms with Gasteiger partial charge in [-0.15, -0.1) is 22.8 Å². The first-order valence-electron chi connectivity index (χ1n) is 11.1. The van der Waals surface area contributed by atoms with Gasteiger partial charge in [0.05, 0.1) is 5.02 Å². The number of thiol groups is 1. The number of hydrogen-bond donors (Lipinski definition) is 3. The number of rotatable bonds is 9. The van der Waals surface area contributed by atoms with Crippen molar-refractivity contribution in [1.82, 2.24) is 20.4 Å². The van der Waals surface area contributed by atoms with Crippen LogP contribution in [0.25, 0.3) is 10.6 Å². The molecule has 1 fully saturated rings. The van der Waals surface area contributed by atoms with Crippen molar-refractivity contribution >= 4 is 40.7 Å². The van der Waals surface area contributed by atoms with Crippen LogP contribution in [0.1, 0.15) is 52.9 Å². The summed E-state index contributed by atoms with van der Waals surface area (Å²) in [6.45, 7) is 12.3. The average Bonchev–Trinajstić information content (AvgIpc) is 3.23. The van der Waals surface area contributed by atoms with Gasteiger partial charge in [0.25, 0.3) is 0 Å². The standard InChI is InChI=1S/C14H16ClN3S2.C8H20N2/c15-11-7-6-9(8-12(11)19)13-17-18-14(20-13)16-10-4-2-1-3-5-10;1-4-9-7-8-10(5-2)6-3/h6-8,10,19H,1-5H2,(H,16,18);9H,4-8H2,1-3H3. The molecule has 1 saturated carbocycles. The lowest BCUT2D eigenvalue weighted by Crippen LogP contribution is -2.31. The van der Waals surface area contributed by atoms with Crippen molar-refractivity contribution in [1.29, 1.82) is 0 Å². The lowest BCUT2D eigenvalue weighted by Gasteiger charge is -2.21. The van der Waals surface area contributed by atoms with Gasteiger partial charge in [-0.05, 0) is 44.6 Å². The summed E-state index contributed by atoms with van der Waals surface area (Å²) in [6.07, 6.45) is 6.44. The Balaban J connectivity index is 0.000000274. The molecule has 1 aromatic heterocycles. The van der Waals surface area contributed by atoms with E-state index in [4.69, 9.17) is 11.6 Å². The summed E-state index contributed by atoms with van der Waals surface area (Å²) in [7, 11) is 0. The number of hydrogen-bond acceptors (Lipinski definition) is 7. The van der Waals surface area contributed by atoms with Crippen LogP contribution in [0.4, 0.5) is 5.13 Å². The molecule has 2 aromatic rings. The van der Waals surface area contributed by atoms with E-state index in [1.807, 2.05) is 18.2 Å². The van der Waals surface area contributed by atoms with Gasteiger partial charge in [0.15, 0.2) is 0 Å². The summed E-state index contributed by atoms with van der Waals surface area (Å²) < 4.78 is 0. The van der Waals surface area contributed by atoms with Crippen LogP contribution in [-0.4, -0.2) is 53.9 Å². The lowest BCUT2D eigenvalue weighted by atomic mass is 9.96. The molecule has 1 aliphatic rings. The zero-order chi connectivity index (χ0) is 21.8. The van der Waals surface area contributed by atoms with Gasteiger partial charge in [0, 0.05) is 29.6 Å². The van der Waals surface area contributed by atoms with E-state index < -0.39 is 0 Å². The summed E-state index contributed by atoms with van der Waals surface area (Å²) in [6, 6.07) is 6.27. The van der Waals surface area contributed by atoms with E-state index in [0.717, 1.165) is 33.7 Å². The Morgan fingerprint density at radius 1 is 1.13 bits per heavy atom. The molecular formula is C22H36ClN5S2. The van der Waals surface area contributed by atoms with E-state index >= 15 is 0 Å². The molecule has 0 radical (unpaired) electrons. The highest BCUT2D eigenvalue weighted by atomic mass is 35.5. The van der Waals surface area contributed by atoms with Gasteiger partial charge < -0.3 is 15.5 Å². The average molecular weight is 470 g/mol. The largest absolute Gasteiger partial charge is 0.357 e. The third-order valence-corrected chi connectivity index (χ3v) is 7.03. The minimum absolute atomic E-state index is 0.551. The first-order chi connectivity index (χ1) is 14.6. The molecule has 0 spiro atoms. The van der Waals surface area contributed by atoms with Crippen LogP contribution in [0.2, 0.25) is 5.02 Å². The second kappa shape index (κ2) is 14.2. The molecule has 30 heavy (non-hydrogen) atoms. The second-order valence-electron chi connectivity index (χ2n) is 7.44. The van der Waals surface area contributed by atoms with Gasteiger partial charge >= 0.3 is 0 Å². The molecule has 0 saturated heterocycles. The Morgan fingerprint density at radius 2 is 1.87 bits per heavy atom. The molecule has 1 aliphatic carbocycles. The third-order valence-electron chi connectivity index (χ3n) is 5.30. The van der Waals surface area contributed by atoms with Crippen molar-refractivity contribution in [2.45, 2.75) is 63.8 Å². The van der Waals surface area contributed by atoms with E-state index in [1.165, 1.54) is 51.7 Å². The van der Waals surface area contributed by atoms with Crippen LogP contribution in [0, 0.1) is 0 Å². The van der Waals surface area contributed by atoms with Crippen LogP contribution in [0.5, 0.6) is 0 Å². The van der Waals surface area contributed by atoms with Crippen molar-refractivity contribution in [2.24, 2.45) is 0 Å². The van der Waals surface area contributed by atoms with Crippen molar-refractivity contribution in [3.05, 3.63) is 23.2 Å². The molecule has 2 N–H and O–H groups in total. The number of likely N-dealkylation sites (N-methyl/N-ethyl adjacent to an activating group) is 2. The van der Waals surface area contributed by atoms with E-state index in [9.17, 15) is 0 Å².